The summed E-state index contributed by atoms with van der Waals surface area (Å²) in [5.74, 6) is 0. The Bertz CT molecular complexity index is 3290. The maximum atomic E-state index is 14.9. The van der Waals surface area contributed by atoms with E-state index in [2.05, 4.69) is 63.2 Å². The van der Waals surface area contributed by atoms with E-state index in [1.165, 1.54) is 24.3 Å². The molecule has 2 heterocycles. The van der Waals surface area contributed by atoms with E-state index in [4.69, 9.17) is 0 Å². The second kappa shape index (κ2) is 17.8. The Morgan fingerprint density at radius 3 is 1.86 bits per heavy atom. The minimum Gasteiger partial charge on any atom is -0.344 e. The molecule has 13 heteroatoms. The molecule has 0 atom stereocenters. The van der Waals surface area contributed by atoms with E-state index in [1.54, 1.807) is 42.5 Å². The standard InChI is InChI=1S/C53H58N2O8S3/c1-7-9-14-32-54-45-28-20-38-34-41(65(58,59)60)24-26-43(38)49(45)52(3,4)47(54)30-22-36-18-19-37(51(36)64(56,57)40-16-12-11-13-17-40)23-31-48-53(5,6)50-44-27-25-42(66(61,62)63)35-39(44)21-29-46(50)55(48)33-15-10-8-2/h11-13,16-17,20-31,34-35H,7-10,14-15,18-19,32-33H2,1-6H3,(H-,58,59,60,61,62,63)/p+1. The lowest BCUT2D eigenvalue weighted by Gasteiger charge is -2.27. The Labute approximate surface area is 390 Å². The van der Waals surface area contributed by atoms with Gasteiger partial charge in [-0.05, 0) is 132 Å². The van der Waals surface area contributed by atoms with E-state index < -0.39 is 40.9 Å². The lowest BCUT2D eigenvalue weighted by molar-refractivity contribution is -0.438. The van der Waals surface area contributed by atoms with Crippen LogP contribution in [0.3, 0.4) is 0 Å². The van der Waals surface area contributed by atoms with Crippen LogP contribution in [0, 0.1) is 0 Å². The molecule has 0 unspecified atom stereocenters. The fourth-order valence-electron chi connectivity index (χ4n) is 10.4. The molecule has 0 fully saturated rings. The molecule has 10 nitrogen and oxygen atoms in total. The second-order valence-corrected chi connectivity index (χ2v) is 23.5. The summed E-state index contributed by atoms with van der Waals surface area (Å²) in [6, 6.07) is 25.8. The zero-order valence-electron chi connectivity index (χ0n) is 38.5. The largest absolute Gasteiger partial charge is 0.344 e. The van der Waals surface area contributed by atoms with E-state index in [1.807, 2.05) is 36.4 Å². The third kappa shape index (κ3) is 8.53. The maximum absolute atomic E-state index is 14.9. The topological polar surface area (TPSA) is 149 Å². The summed E-state index contributed by atoms with van der Waals surface area (Å²) in [5.41, 5.74) is 6.45. The molecule has 2 aliphatic heterocycles. The molecule has 5 aromatic carbocycles. The molecule has 3 aliphatic rings. The normalized spacial score (nSPS) is 18.5. The van der Waals surface area contributed by atoms with Crippen molar-refractivity contribution in [3.05, 3.63) is 148 Å². The van der Waals surface area contributed by atoms with Gasteiger partial charge < -0.3 is 4.90 Å². The van der Waals surface area contributed by atoms with Crippen LogP contribution in [-0.2, 0) is 40.9 Å². The van der Waals surface area contributed by atoms with Crippen molar-refractivity contribution in [2.75, 3.05) is 18.0 Å². The molecule has 0 saturated heterocycles. The SMILES string of the molecule is CCCCCN1C(=CC=C2CCC(C=CC3=[N+](CCCCC)c4ccc5cc(S(=O)(=O)O)ccc5c4C3(C)C)=C2S(=O)(=O)c2ccccc2)C(C)(C)c2c1ccc1cc(S(=O)(=O)O)ccc21. The van der Waals surface area contributed by atoms with Gasteiger partial charge in [0.2, 0.25) is 15.5 Å². The van der Waals surface area contributed by atoms with Crippen molar-refractivity contribution in [3.8, 4) is 0 Å². The molecule has 1 aliphatic carbocycles. The smallest absolute Gasteiger partial charge is 0.294 e. The molecule has 66 heavy (non-hydrogen) atoms. The summed E-state index contributed by atoms with van der Waals surface area (Å²) in [6.07, 6.45) is 15.2. The number of fused-ring (bicyclic) bond motifs is 6. The lowest BCUT2D eigenvalue weighted by atomic mass is 9.79. The van der Waals surface area contributed by atoms with Gasteiger partial charge >= 0.3 is 0 Å². The highest BCUT2D eigenvalue weighted by atomic mass is 32.2. The molecule has 0 bridgehead atoms. The third-order valence-corrected chi connectivity index (χ3v) is 17.3. The van der Waals surface area contributed by atoms with Gasteiger partial charge in [0.1, 0.15) is 6.54 Å². The van der Waals surface area contributed by atoms with Gasteiger partial charge in [-0.25, -0.2) is 8.42 Å². The molecule has 0 saturated carbocycles. The van der Waals surface area contributed by atoms with Gasteiger partial charge in [0.25, 0.3) is 20.2 Å². The quantitative estimate of drug-likeness (QED) is 0.0594. The van der Waals surface area contributed by atoms with Crippen LogP contribution in [0.15, 0.2) is 152 Å². The highest BCUT2D eigenvalue weighted by Crippen LogP contribution is 2.52. The van der Waals surface area contributed by atoms with Crippen molar-refractivity contribution in [2.45, 2.75) is 118 Å². The zero-order chi connectivity index (χ0) is 47.4. The molecule has 0 amide bonds. The van der Waals surface area contributed by atoms with Gasteiger partial charge in [-0.1, -0.05) is 95.5 Å². The average Bonchev–Trinajstić information content (AvgIpc) is 3.86. The van der Waals surface area contributed by atoms with E-state index >= 15 is 0 Å². The molecular weight excluding hydrogens is 889 g/mol. The minimum atomic E-state index is -4.40. The Morgan fingerprint density at radius 2 is 1.24 bits per heavy atom. The van der Waals surface area contributed by atoms with Crippen LogP contribution in [0.5, 0.6) is 0 Å². The monoisotopic (exact) mass is 947 g/mol. The summed E-state index contributed by atoms with van der Waals surface area (Å²) in [7, 11) is -12.8. The van der Waals surface area contributed by atoms with Crippen LogP contribution in [0.2, 0.25) is 0 Å². The van der Waals surface area contributed by atoms with Crippen LogP contribution in [0.25, 0.3) is 21.5 Å². The molecule has 2 N–H and O–H groups in total. The van der Waals surface area contributed by atoms with Crippen molar-refractivity contribution in [1.29, 1.82) is 0 Å². The number of unbranched alkanes of at least 4 members (excludes halogenated alkanes) is 4. The Hall–Kier alpha value is -5.18. The van der Waals surface area contributed by atoms with E-state index in [-0.39, 0.29) is 14.7 Å². The summed E-state index contributed by atoms with van der Waals surface area (Å²) in [6.45, 7) is 14.4. The molecular formula is C53H59N2O8S3+. The van der Waals surface area contributed by atoms with E-state index in [9.17, 15) is 34.4 Å². The Kier molecular flexibility index (Phi) is 12.8. The van der Waals surface area contributed by atoms with Gasteiger partial charge in [-0.3, -0.25) is 9.11 Å². The highest BCUT2D eigenvalue weighted by Gasteiger charge is 2.46. The first-order valence-electron chi connectivity index (χ1n) is 22.9. The number of nitrogens with zero attached hydrogens (tertiary/aromatic N) is 2. The number of allylic oxidation sites excluding steroid dienone is 7. The third-order valence-electron chi connectivity index (χ3n) is 13.7. The van der Waals surface area contributed by atoms with E-state index in [0.717, 1.165) is 96.3 Å². The molecule has 0 spiro atoms. The van der Waals surface area contributed by atoms with Crippen LogP contribution in [0.4, 0.5) is 11.4 Å². The fraction of sp³-hybridized carbons (Fsp3) is 0.340. The van der Waals surface area contributed by atoms with Crippen molar-refractivity contribution in [3.63, 3.8) is 0 Å². The first-order valence-corrected chi connectivity index (χ1v) is 27.2. The fourth-order valence-corrected chi connectivity index (χ4v) is 13.2. The number of hydrogen-bond donors (Lipinski definition) is 2. The average molecular weight is 948 g/mol. The van der Waals surface area contributed by atoms with Crippen LogP contribution < -0.4 is 4.90 Å². The molecule has 8 rings (SSSR count). The van der Waals surface area contributed by atoms with Crippen LogP contribution >= 0.6 is 0 Å². The minimum absolute atomic E-state index is 0.162. The summed E-state index contributed by atoms with van der Waals surface area (Å²) in [4.78, 5) is 2.51. The Balaban J connectivity index is 1.26. The predicted octanol–water partition coefficient (Wildman–Crippen LogP) is 11.9. The number of sulfone groups is 1. The molecule has 0 aromatic heterocycles. The first-order chi connectivity index (χ1) is 31.2. The summed E-state index contributed by atoms with van der Waals surface area (Å²) in [5, 5.41) is 3.17. The molecule has 346 valence electrons. The van der Waals surface area contributed by atoms with Gasteiger partial charge in [0.15, 0.2) is 5.71 Å². The van der Waals surface area contributed by atoms with Crippen LogP contribution in [-0.4, -0.2) is 57.7 Å². The predicted molar refractivity (Wildman–Crippen MR) is 265 cm³/mol. The first kappa shape index (κ1) is 47.3. The van der Waals surface area contributed by atoms with E-state index in [0.29, 0.717) is 39.7 Å². The van der Waals surface area contributed by atoms with Crippen molar-refractivity contribution in [2.24, 2.45) is 0 Å². The lowest BCUT2D eigenvalue weighted by Crippen LogP contribution is -2.28. The number of anilines is 1. The van der Waals surface area contributed by atoms with Crippen LogP contribution in [0.1, 0.15) is 104 Å². The van der Waals surface area contributed by atoms with Crippen molar-refractivity contribution < 1.29 is 38.9 Å². The highest BCUT2D eigenvalue weighted by molar-refractivity contribution is 7.95. The summed E-state index contributed by atoms with van der Waals surface area (Å²) < 4.78 is 100. The van der Waals surface area contributed by atoms with Gasteiger partial charge in [-0.2, -0.15) is 21.4 Å². The number of hydrogen-bond acceptors (Lipinski definition) is 7. The molecule has 5 aromatic rings. The number of rotatable bonds is 15. The summed E-state index contributed by atoms with van der Waals surface area (Å²) >= 11 is 0. The van der Waals surface area contributed by atoms with Crippen molar-refractivity contribution in [1.82, 2.24) is 0 Å². The molecule has 0 radical (unpaired) electrons. The second-order valence-electron chi connectivity index (χ2n) is 18.7. The Morgan fingerprint density at radius 1 is 0.636 bits per heavy atom. The van der Waals surface area contributed by atoms with Crippen molar-refractivity contribution >= 4 is 68.7 Å². The van der Waals surface area contributed by atoms with Gasteiger partial charge in [0, 0.05) is 47.5 Å². The van der Waals surface area contributed by atoms with Gasteiger partial charge in [0.05, 0.1) is 25.0 Å². The maximum Gasteiger partial charge on any atom is 0.294 e. The van der Waals surface area contributed by atoms with Gasteiger partial charge in [-0.15, -0.1) is 0 Å². The number of benzene rings is 5. The zero-order valence-corrected chi connectivity index (χ0v) is 41.0.